The molecule has 0 saturated heterocycles. The first-order valence-electron chi connectivity index (χ1n) is 7.50. The van der Waals surface area contributed by atoms with Crippen molar-refractivity contribution in [2.24, 2.45) is 5.10 Å². The van der Waals surface area contributed by atoms with Crippen LogP contribution >= 0.6 is 15.9 Å². The highest BCUT2D eigenvalue weighted by Gasteiger charge is 2.60. The summed E-state index contributed by atoms with van der Waals surface area (Å²) in [6, 6.07) is 17.8. The van der Waals surface area contributed by atoms with Crippen LogP contribution in [0.3, 0.4) is 0 Å². The standard InChI is InChI=1S/C18H16BrN3O/c1-12-16(19)18(22(20-12)13-8-4-3-5-9-13)15-11-7-6-10-14(15)17(23)21(18)2/h3-11,16H,1-2H3/t16-,18-/m0/s1. The molecule has 116 valence electrons. The van der Waals surface area contributed by atoms with Gasteiger partial charge >= 0.3 is 0 Å². The number of hydrogen-bond donors (Lipinski definition) is 0. The Labute approximate surface area is 143 Å². The van der Waals surface area contributed by atoms with Crippen LogP contribution in [0.1, 0.15) is 22.8 Å². The van der Waals surface area contributed by atoms with Gasteiger partial charge in [0.2, 0.25) is 0 Å². The third-order valence-electron chi connectivity index (χ3n) is 4.67. The number of hydrogen-bond acceptors (Lipinski definition) is 3. The van der Waals surface area contributed by atoms with Gasteiger partial charge in [0.1, 0.15) is 4.83 Å². The second kappa shape index (κ2) is 4.93. The van der Waals surface area contributed by atoms with E-state index in [4.69, 9.17) is 5.10 Å². The third kappa shape index (κ3) is 1.71. The van der Waals surface area contributed by atoms with Crippen molar-refractivity contribution in [1.82, 2.24) is 4.90 Å². The number of fused-ring (bicyclic) bond motifs is 2. The lowest BCUT2D eigenvalue weighted by Gasteiger charge is -2.42. The molecule has 1 spiro atoms. The van der Waals surface area contributed by atoms with Crippen molar-refractivity contribution in [3.8, 4) is 0 Å². The number of rotatable bonds is 1. The average molecular weight is 370 g/mol. The topological polar surface area (TPSA) is 35.9 Å². The van der Waals surface area contributed by atoms with Gasteiger partial charge in [0, 0.05) is 18.2 Å². The normalized spacial score (nSPS) is 26.0. The van der Waals surface area contributed by atoms with Gasteiger partial charge in [-0.15, -0.1) is 0 Å². The van der Waals surface area contributed by atoms with Gasteiger partial charge < -0.3 is 4.90 Å². The quantitative estimate of drug-likeness (QED) is 0.720. The van der Waals surface area contributed by atoms with Crippen LogP contribution in [0.4, 0.5) is 5.69 Å². The van der Waals surface area contributed by atoms with Crippen molar-refractivity contribution in [1.29, 1.82) is 0 Å². The summed E-state index contributed by atoms with van der Waals surface area (Å²) >= 11 is 3.80. The Kier molecular flexibility index (Phi) is 3.10. The largest absolute Gasteiger partial charge is 0.312 e. The molecule has 23 heavy (non-hydrogen) atoms. The fourth-order valence-corrected chi connectivity index (χ4v) is 4.42. The van der Waals surface area contributed by atoms with E-state index in [0.29, 0.717) is 0 Å². The Hall–Kier alpha value is -2.14. The number of carbonyl (C=O) groups is 1. The molecule has 0 saturated carbocycles. The number of anilines is 1. The molecule has 2 aromatic rings. The first-order valence-corrected chi connectivity index (χ1v) is 8.42. The maximum atomic E-state index is 12.8. The smallest absolute Gasteiger partial charge is 0.256 e. The van der Waals surface area contributed by atoms with Gasteiger partial charge in [-0.25, -0.2) is 5.01 Å². The lowest BCUT2D eigenvalue weighted by molar-refractivity contribution is 0.0659. The predicted molar refractivity (Wildman–Crippen MR) is 95.0 cm³/mol. The molecule has 4 nitrogen and oxygen atoms in total. The molecule has 2 aromatic carbocycles. The van der Waals surface area contributed by atoms with Gasteiger partial charge in [-0.2, -0.15) is 5.10 Å². The highest BCUT2D eigenvalue weighted by Crippen LogP contribution is 2.51. The Bertz CT molecular complexity index is 820. The lowest BCUT2D eigenvalue weighted by atomic mass is 9.93. The second-order valence-electron chi connectivity index (χ2n) is 5.89. The number of nitrogens with zero attached hydrogens (tertiary/aromatic N) is 3. The summed E-state index contributed by atoms with van der Waals surface area (Å²) in [7, 11) is 1.85. The highest BCUT2D eigenvalue weighted by atomic mass is 79.9. The maximum Gasteiger partial charge on any atom is 0.256 e. The summed E-state index contributed by atoms with van der Waals surface area (Å²) in [5.41, 5.74) is 2.97. The predicted octanol–water partition coefficient (Wildman–Crippen LogP) is 3.58. The zero-order valence-corrected chi connectivity index (χ0v) is 14.5. The minimum absolute atomic E-state index is 0.0240. The number of amides is 1. The van der Waals surface area contributed by atoms with E-state index in [-0.39, 0.29) is 10.7 Å². The minimum atomic E-state index is -0.668. The molecule has 2 aliphatic heterocycles. The van der Waals surface area contributed by atoms with Crippen LogP contribution in [0.5, 0.6) is 0 Å². The maximum absolute atomic E-state index is 12.8. The Balaban J connectivity index is 2.00. The van der Waals surface area contributed by atoms with Crippen LogP contribution in [-0.4, -0.2) is 28.4 Å². The van der Waals surface area contributed by atoms with E-state index >= 15 is 0 Å². The number of benzene rings is 2. The molecule has 0 unspecified atom stereocenters. The summed E-state index contributed by atoms with van der Waals surface area (Å²) < 4.78 is 0. The molecule has 1 amide bonds. The van der Waals surface area contributed by atoms with Gasteiger partial charge in [0.25, 0.3) is 5.91 Å². The molecule has 5 heteroatoms. The van der Waals surface area contributed by atoms with Crippen molar-refractivity contribution in [3.05, 3.63) is 65.7 Å². The van der Waals surface area contributed by atoms with Crippen molar-refractivity contribution in [2.45, 2.75) is 17.4 Å². The summed E-state index contributed by atoms with van der Waals surface area (Å²) in [5, 5.41) is 6.73. The molecule has 0 aromatic heterocycles. The zero-order valence-electron chi connectivity index (χ0n) is 12.9. The van der Waals surface area contributed by atoms with Gasteiger partial charge in [-0.1, -0.05) is 52.3 Å². The van der Waals surface area contributed by atoms with Crippen LogP contribution < -0.4 is 5.01 Å². The SMILES string of the molecule is CC1=NN(c2ccccc2)[C@@]2(c3ccccc3C(=O)N2C)[C@H]1Br. The van der Waals surface area contributed by atoms with Gasteiger partial charge in [0.05, 0.1) is 11.4 Å². The van der Waals surface area contributed by atoms with E-state index in [0.717, 1.165) is 22.5 Å². The fourth-order valence-electron chi connectivity index (χ4n) is 3.58. The molecule has 0 N–H and O–H groups in total. The van der Waals surface area contributed by atoms with E-state index < -0.39 is 5.66 Å². The fraction of sp³-hybridized carbons (Fsp3) is 0.222. The number of para-hydroxylation sites is 1. The molecule has 4 rings (SSSR count). The molecule has 0 radical (unpaired) electrons. The van der Waals surface area contributed by atoms with E-state index in [2.05, 4.69) is 15.9 Å². The van der Waals surface area contributed by atoms with E-state index in [1.165, 1.54) is 0 Å². The monoisotopic (exact) mass is 369 g/mol. The molecule has 0 fully saturated rings. The van der Waals surface area contributed by atoms with E-state index in [9.17, 15) is 4.79 Å². The zero-order chi connectivity index (χ0) is 16.2. The average Bonchev–Trinajstić information content (AvgIpc) is 2.98. The minimum Gasteiger partial charge on any atom is -0.312 e. The first kappa shape index (κ1) is 14.5. The number of halogens is 1. The molecular formula is C18H16BrN3O. The van der Waals surface area contributed by atoms with Gasteiger partial charge in [-0.3, -0.25) is 4.79 Å². The Morgan fingerprint density at radius 1 is 1.09 bits per heavy atom. The van der Waals surface area contributed by atoms with Crippen LogP contribution in [0.25, 0.3) is 0 Å². The molecule has 2 atom stereocenters. The lowest BCUT2D eigenvalue weighted by Crippen LogP contribution is -2.56. The first-order chi connectivity index (χ1) is 11.1. The molecular weight excluding hydrogens is 354 g/mol. The summed E-state index contributed by atoms with van der Waals surface area (Å²) in [5.74, 6) is 0.0240. The van der Waals surface area contributed by atoms with Gasteiger partial charge in [-0.05, 0) is 25.1 Å². The van der Waals surface area contributed by atoms with Crippen LogP contribution in [0.15, 0.2) is 59.7 Å². The summed E-state index contributed by atoms with van der Waals surface area (Å²) in [4.78, 5) is 14.5. The van der Waals surface area contributed by atoms with Crippen LogP contribution in [0, 0.1) is 0 Å². The molecule has 2 heterocycles. The third-order valence-corrected chi connectivity index (χ3v) is 5.97. The van der Waals surface area contributed by atoms with Gasteiger partial charge in [0.15, 0.2) is 5.66 Å². The summed E-state index contributed by atoms with van der Waals surface area (Å²) in [6.07, 6.45) is 0. The van der Waals surface area contributed by atoms with Crippen molar-refractivity contribution < 1.29 is 4.79 Å². The number of alkyl halides is 1. The van der Waals surface area contributed by atoms with Crippen molar-refractivity contribution in [2.75, 3.05) is 12.1 Å². The van der Waals surface area contributed by atoms with Crippen LogP contribution in [0.2, 0.25) is 0 Å². The second-order valence-corrected chi connectivity index (χ2v) is 6.80. The van der Waals surface area contributed by atoms with Crippen LogP contribution in [-0.2, 0) is 5.66 Å². The number of carbonyl (C=O) groups excluding carboxylic acids is 1. The Morgan fingerprint density at radius 3 is 2.48 bits per heavy atom. The highest BCUT2D eigenvalue weighted by molar-refractivity contribution is 9.10. The van der Waals surface area contributed by atoms with Crippen molar-refractivity contribution in [3.63, 3.8) is 0 Å². The number of hydrazone groups is 1. The Morgan fingerprint density at radius 2 is 1.74 bits per heavy atom. The summed E-state index contributed by atoms with van der Waals surface area (Å²) in [6.45, 7) is 1.99. The van der Waals surface area contributed by atoms with E-state index in [1.54, 1.807) is 4.90 Å². The van der Waals surface area contributed by atoms with Crippen molar-refractivity contribution >= 4 is 33.2 Å². The molecule has 2 aliphatic rings. The van der Waals surface area contributed by atoms with E-state index in [1.807, 2.05) is 73.6 Å². The molecule has 0 aliphatic carbocycles. The molecule has 0 bridgehead atoms.